The first kappa shape index (κ1) is 16.6. The molecule has 2 unspecified atom stereocenters. The van der Waals surface area contributed by atoms with Gasteiger partial charge in [0.2, 0.25) is 0 Å². The van der Waals surface area contributed by atoms with Crippen molar-refractivity contribution in [1.82, 2.24) is 19.9 Å². The minimum Gasteiger partial charge on any atom is -0.486 e. The Bertz CT molecular complexity index is 864. The van der Waals surface area contributed by atoms with Crippen LogP contribution in [0.4, 0.5) is 0 Å². The number of aromatic nitrogens is 3. The van der Waals surface area contributed by atoms with Crippen molar-refractivity contribution < 1.29 is 14.3 Å². The summed E-state index contributed by atoms with van der Waals surface area (Å²) in [5.41, 5.74) is 2.02. The van der Waals surface area contributed by atoms with Crippen molar-refractivity contribution in [3.8, 4) is 17.2 Å². The molecule has 1 aliphatic carbocycles. The zero-order valence-corrected chi connectivity index (χ0v) is 15.6. The van der Waals surface area contributed by atoms with E-state index in [0.29, 0.717) is 36.5 Å². The molecule has 2 fully saturated rings. The lowest BCUT2D eigenvalue weighted by molar-refractivity contribution is 0.0777. The molecule has 1 saturated heterocycles. The first-order valence-electron chi connectivity index (χ1n) is 9.82. The van der Waals surface area contributed by atoms with Crippen LogP contribution in [0, 0.1) is 18.8 Å². The maximum absolute atomic E-state index is 13.1. The van der Waals surface area contributed by atoms with Gasteiger partial charge in [0, 0.05) is 19.2 Å². The molecule has 1 saturated carbocycles. The SMILES string of the molecule is Cc1c(C(=O)N2CC3CCCCC3C2)nnn1-c1ccc2c(c1)OCCO2. The predicted molar refractivity (Wildman–Crippen MR) is 98.4 cm³/mol. The van der Waals surface area contributed by atoms with Crippen molar-refractivity contribution in [3.05, 3.63) is 29.6 Å². The Hall–Kier alpha value is -2.57. The minimum atomic E-state index is 0.00527. The van der Waals surface area contributed by atoms with Crippen LogP contribution in [0.1, 0.15) is 41.9 Å². The molecule has 2 aliphatic heterocycles. The zero-order chi connectivity index (χ0) is 18.4. The molecular formula is C20H24N4O3. The molecule has 2 atom stereocenters. The number of nitrogens with zero attached hydrogens (tertiary/aromatic N) is 4. The zero-order valence-electron chi connectivity index (χ0n) is 15.6. The highest BCUT2D eigenvalue weighted by Crippen LogP contribution is 2.37. The van der Waals surface area contributed by atoms with Crippen LogP contribution in [0.5, 0.6) is 11.5 Å². The van der Waals surface area contributed by atoms with E-state index in [2.05, 4.69) is 10.3 Å². The fraction of sp³-hybridized carbons (Fsp3) is 0.550. The molecule has 1 amide bonds. The summed E-state index contributed by atoms with van der Waals surface area (Å²) >= 11 is 0. The van der Waals surface area contributed by atoms with Gasteiger partial charge in [0.15, 0.2) is 17.2 Å². The third-order valence-corrected chi connectivity index (χ3v) is 6.13. The monoisotopic (exact) mass is 368 g/mol. The summed E-state index contributed by atoms with van der Waals surface area (Å²) in [4.78, 5) is 15.0. The smallest absolute Gasteiger partial charge is 0.276 e. The van der Waals surface area contributed by atoms with Gasteiger partial charge in [-0.05, 0) is 43.7 Å². The molecule has 7 heteroatoms. The van der Waals surface area contributed by atoms with E-state index in [4.69, 9.17) is 9.47 Å². The Morgan fingerprint density at radius 1 is 1.07 bits per heavy atom. The van der Waals surface area contributed by atoms with Crippen LogP contribution in [0.25, 0.3) is 5.69 Å². The fourth-order valence-corrected chi connectivity index (χ4v) is 4.66. The Labute approximate surface area is 158 Å². The van der Waals surface area contributed by atoms with Gasteiger partial charge in [0.05, 0.1) is 11.4 Å². The second-order valence-corrected chi connectivity index (χ2v) is 7.78. The van der Waals surface area contributed by atoms with Crippen molar-refractivity contribution in [2.75, 3.05) is 26.3 Å². The van der Waals surface area contributed by atoms with Gasteiger partial charge in [0.25, 0.3) is 5.91 Å². The standard InChI is InChI=1S/C20H24N4O3/c1-13-19(20(25)23-11-14-4-2-3-5-15(14)12-23)21-22-24(13)16-6-7-17-18(10-16)27-9-8-26-17/h6-7,10,14-15H,2-5,8-9,11-12H2,1H3. The lowest BCUT2D eigenvalue weighted by Gasteiger charge is -2.22. The topological polar surface area (TPSA) is 69.5 Å². The number of carbonyl (C=O) groups is 1. The van der Waals surface area contributed by atoms with Crippen molar-refractivity contribution >= 4 is 5.91 Å². The van der Waals surface area contributed by atoms with E-state index in [-0.39, 0.29) is 5.91 Å². The number of benzene rings is 1. The minimum absolute atomic E-state index is 0.00527. The van der Waals surface area contributed by atoms with E-state index in [0.717, 1.165) is 30.2 Å². The van der Waals surface area contributed by atoms with E-state index in [1.165, 1.54) is 25.7 Å². The first-order chi connectivity index (χ1) is 13.2. The average molecular weight is 368 g/mol. The van der Waals surface area contributed by atoms with E-state index in [1.807, 2.05) is 30.0 Å². The number of rotatable bonds is 2. The second kappa shape index (κ2) is 6.55. The normalized spacial score (nSPS) is 24.0. The molecule has 27 heavy (non-hydrogen) atoms. The molecule has 3 aliphatic rings. The average Bonchev–Trinajstić information content (AvgIpc) is 3.30. The number of amides is 1. The van der Waals surface area contributed by atoms with E-state index >= 15 is 0 Å². The third kappa shape index (κ3) is 2.85. The highest BCUT2D eigenvalue weighted by Gasteiger charge is 2.38. The fourth-order valence-electron chi connectivity index (χ4n) is 4.66. The number of ether oxygens (including phenoxy) is 2. The van der Waals surface area contributed by atoms with Gasteiger partial charge in [-0.25, -0.2) is 4.68 Å². The number of fused-ring (bicyclic) bond motifs is 2. The van der Waals surface area contributed by atoms with Gasteiger partial charge in [-0.2, -0.15) is 0 Å². The van der Waals surface area contributed by atoms with Crippen molar-refractivity contribution in [1.29, 1.82) is 0 Å². The highest BCUT2D eigenvalue weighted by atomic mass is 16.6. The molecule has 142 valence electrons. The van der Waals surface area contributed by atoms with E-state index < -0.39 is 0 Å². The Kier molecular flexibility index (Phi) is 4.02. The van der Waals surface area contributed by atoms with Crippen molar-refractivity contribution in [2.24, 2.45) is 11.8 Å². The van der Waals surface area contributed by atoms with Crippen LogP contribution in [-0.4, -0.2) is 52.1 Å². The molecule has 5 rings (SSSR count). The van der Waals surface area contributed by atoms with Gasteiger partial charge in [-0.3, -0.25) is 4.79 Å². The summed E-state index contributed by atoms with van der Waals surface area (Å²) in [6.07, 6.45) is 5.08. The van der Waals surface area contributed by atoms with Crippen LogP contribution < -0.4 is 9.47 Å². The molecule has 2 aromatic rings. The molecule has 1 aromatic heterocycles. The van der Waals surface area contributed by atoms with Gasteiger partial charge in [-0.1, -0.05) is 18.1 Å². The van der Waals surface area contributed by atoms with E-state index in [1.54, 1.807) is 4.68 Å². The first-order valence-corrected chi connectivity index (χ1v) is 9.82. The predicted octanol–water partition coefficient (Wildman–Crippen LogP) is 2.61. The number of hydrogen-bond donors (Lipinski definition) is 0. The lowest BCUT2D eigenvalue weighted by Crippen LogP contribution is -2.30. The molecule has 7 nitrogen and oxygen atoms in total. The molecule has 1 aromatic carbocycles. The number of likely N-dealkylation sites (tertiary alicyclic amines) is 1. The molecule has 0 spiro atoms. The largest absolute Gasteiger partial charge is 0.486 e. The van der Waals surface area contributed by atoms with Crippen LogP contribution in [0.2, 0.25) is 0 Å². The van der Waals surface area contributed by atoms with Crippen molar-refractivity contribution in [2.45, 2.75) is 32.6 Å². The molecule has 3 heterocycles. The maximum Gasteiger partial charge on any atom is 0.276 e. The molecule has 0 bridgehead atoms. The maximum atomic E-state index is 13.1. The van der Waals surface area contributed by atoms with Gasteiger partial charge >= 0.3 is 0 Å². The van der Waals surface area contributed by atoms with Crippen LogP contribution in [0.3, 0.4) is 0 Å². The quantitative estimate of drug-likeness (QED) is 0.815. The van der Waals surface area contributed by atoms with E-state index in [9.17, 15) is 4.79 Å². The van der Waals surface area contributed by atoms with Gasteiger partial charge < -0.3 is 14.4 Å². The van der Waals surface area contributed by atoms with Crippen LogP contribution >= 0.6 is 0 Å². The second-order valence-electron chi connectivity index (χ2n) is 7.78. The lowest BCUT2D eigenvalue weighted by atomic mass is 9.82. The summed E-state index contributed by atoms with van der Waals surface area (Å²) in [5.74, 6) is 2.77. The summed E-state index contributed by atoms with van der Waals surface area (Å²) in [6.45, 7) is 4.71. The summed E-state index contributed by atoms with van der Waals surface area (Å²) in [5, 5.41) is 8.46. The molecule has 0 radical (unpaired) electrons. The number of carbonyl (C=O) groups excluding carboxylic acids is 1. The molecule has 0 N–H and O–H groups in total. The number of hydrogen-bond acceptors (Lipinski definition) is 5. The summed E-state index contributed by atoms with van der Waals surface area (Å²) in [6, 6.07) is 5.67. The van der Waals surface area contributed by atoms with Crippen LogP contribution in [-0.2, 0) is 0 Å². The van der Waals surface area contributed by atoms with Crippen LogP contribution in [0.15, 0.2) is 18.2 Å². The van der Waals surface area contributed by atoms with Gasteiger partial charge in [-0.15, -0.1) is 5.10 Å². The summed E-state index contributed by atoms with van der Waals surface area (Å²) in [7, 11) is 0. The third-order valence-electron chi connectivity index (χ3n) is 6.13. The van der Waals surface area contributed by atoms with Crippen molar-refractivity contribution in [3.63, 3.8) is 0 Å². The highest BCUT2D eigenvalue weighted by molar-refractivity contribution is 5.93. The summed E-state index contributed by atoms with van der Waals surface area (Å²) < 4.78 is 12.9. The Morgan fingerprint density at radius 3 is 2.52 bits per heavy atom. The Morgan fingerprint density at radius 2 is 1.78 bits per heavy atom. The molecular weight excluding hydrogens is 344 g/mol. The Balaban J connectivity index is 1.39. The van der Waals surface area contributed by atoms with Gasteiger partial charge in [0.1, 0.15) is 13.2 Å².